The van der Waals surface area contributed by atoms with E-state index in [2.05, 4.69) is 37.4 Å². The molecule has 0 aliphatic heterocycles. The van der Waals surface area contributed by atoms with E-state index in [0.29, 0.717) is 11.3 Å². The fraction of sp³-hybridized carbons (Fsp3) is 0.136. The summed E-state index contributed by atoms with van der Waals surface area (Å²) in [5, 5.41) is 2.83. The van der Waals surface area contributed by atoms with E-state index in [1.54, 1.807) is 11.8 Å². The second-order valence-corrected chi connectivity index (χ2v) is 9.79. The minimum atomic E-state index is -3.27. The Labute approximate surface area is 169 Å². The van der Waals surface area contributed by atoms with E-state index in [1.807, 2.05) is 24.3 Å². The Hall–Kier alpha value is -2.57. The van der Waals surface area contributed by atoms with Crippen LogP contribution in [-0.4, -0.2) is 20.6 Å². The summed E-state index contributed by atoms with van der Waals surface area (Å²) in [5.41, 5.74) is 3.62. The molecule has 0 aliphatic carbocycles. The Morgan fingerprint density at radius 2 is 1.43 bits per heavy atom. The highest BCUT2D eigenvalue weighted by atomic mass is 32.2. The highest BCUT2D eigenvalue weighted by Crippen LogP contribution is 2.30. The molecular formula is C22H21NO3S2. The minimum absolute atomic E-state index is 0.191. The van der Waals surface area contributed by atoms with Crippen molar-refractivity contribution in [3.8, 4) is 0 Å². The van der Waals surface area contributed by atoms with E-state index in [4.69, 9.17) is 0 Å². The zero-order valence-corrected chi connectivity index (χ0v) is 17.5. The maximum atomic E-state index is 12.4. The zero-order chi connectivity index (χ0) is 20.3. The van der Waals surface area contributed by atoms with Gasteiger partial charge in [-0.3, -0.25) is 4.79 Å². The fourth-order valence-electron chi connectivity index (χ4n) is 2.58. The number of amides is 1. The highest BCUT2D eigenvalue weighted by molar-refractivity contribution is 7.99. The third-order valence-electron chi connectivity index (χ3n) is 4.37. The van der Waals surface area contributed by atoms with Crippen LogP contribution in [-0.2, 0) is 9.84 Å². The monoisotopic (exact) mass is 411 g/mol. The summed E-state index contributed by atoms with van der Waals surface area (Å²) < 4.78 is 23.0. The largest absolute Gasteiger partial charge is 0.322 e. The predicted octanol–water partition coefficient (Wildman–Crippen LogP) is 5.11. The molecule has 1 amide bonds. The highest BCUT2D eigenvalue weighted by Gasteiger charge is 2.10. The van der Waals surface area contributed by atoms with E-state index < -0.39 is 9.84 Å². The first kappa shape index (κ1) is 20.2. The maximum absolute atomic E-state index is 12.4. The van der Waals surface area contributed by atoms with Gasteiger partial charge in [0.05, 0.1) is 4.90 Å². The van der Waals surface area contributed by atoms with Crippen LogP contribution >= 0.6 is 11.8 Å². The van der Waals surface area contributed by atoms with Crippen LogP contribution in [0.25, 0.3) is 0 Å². The first-order valence-corrected chi connectivity index (χ1v) is 11.4. The third-order valence-corrected chi connectivity index (χ3v) is 6.50. The lowest BCUT2D eigenvalue weighted by atomic mass is 10.1. The minimum Gasteiger partial charge on any atom is -0.322 e. The summed E-state index contributed by atoms with van der Waals surface area (Å²) in [7, 11) is -3.27. The van der Waals surface area contributed by atoms with Crippen molar-refractivity contribution >= 4 is 33.2 Å². The Bertz CT molecular complexity index is 1100. The Balaban J connectivity index is 1.66. The van der Waals surface area contributed by atoms with Crippen LogP contribution in [0.1, 0.15) is 21.5 Å². The number of aryl methyl sites for hydroxylation is 2. The van der Waals surface area contributed by atoms with Crippen LogP contribution in [0.4, 0.5) is 5.69 Å². The van der Waals surface area contributed by atoms with Crippen LogP contribution in [0.15, 0.2) is 81.4 Å². The van der Waals surface area contributed by atoms with Gasteiger partial charge in [-0.25, -0.2) is 8.42 Å². The van der Waals surface area contributed by atoms with Crippen molar-refractivity contribution in [2.24, 2.45) is 0 Å². The molecular weight excluding hydrogens is 390 g/mol. The molecule has 0 unspecified atom stereocenters. The molecule has 3 aromatic carbocycles. The quantitative estimate of drug-likeness (QED) is 0.634. The predicted molar refractivity (Wildman–Crippen MR) is 114 cm³/mol. The standard InChI is InChI=1S/C22H21NO3S2/c1-15-4-9-20(14-16(15)2)27-19-10-7-18(8-11-19)23-22(24)17-5-12-21(13-6-17)28(3,25)26/h4-14H,1-3H3,(H,23,24). The molecule has 0 aliphatic rings. The lowest BCUT2D eigenvalue weighted by Gasteiger charge is -2.08. The van der Waals surface area contributed by atoms with Crippen LogP contribution in [0.2, 0.25) is 0 Å². The molecule has 0 saturated heterocycles. The van der Waals surface area contributed by atoms with Gasteiger partial charge in [-0.15, -0.1) is 0 Å². The number of carbonyl (C=O) groups is 1. The van der Waals surface area contributed by atoms with Crippen molar-refractivity contribution in [2.45, 2.75) is 28.5 Å². The average Bonchev–Trinajstić information content (AvgIpc) is 2.66. The van der Waals surface area contributed by atoms with Crippen LogP contribution in [0.3, 0.4) is 0 Å². The first-order valence-electron chi connectivity index (χ1n) is 8.69. The van der Waals surface area contributed by atoms with Gasteiger partial charge < -0.3 is 5.32 Å². The van der Waals surface area contributed by atoms with Crippen LogP contribution < -0.4 is 5.32 Å². The summed E-state index contributed by atoms with van der Waals surface area (Å²) in [6, 6.07) is 19.9. The van der Waals surface area contributed by atoms with Crippen molar-refractivity contribution in [1.29, 1.82) is 0 Å². The second kappa shape index (κ2) is 8.20. The summed E-state index contributed by atoms with van der Waals surface area (Å²) in [6.45, 7) is 4.19. The van der Waals surface area contributed by atoms with Gasteiger partial charge in [0, 0.05) is 27.3 Å². The van der Waals surface area contributed by atoms with Crippen molar-refractivity contribution in [1.82, 2.24) is 0 Å². The number of rotatable bonds is 5. The molecule has 3 rings (SSSR count). The average molecular weight is 412 g/mol. The molecule has 1 N–H and O–H groups in total. The molecule has 3 aromatic rings. The van der Waals surface area contributed by atoms with Gasteiger partial charge in [0.1, 0.15) is 0 Å². The summed E-state index contributed by atoms with van der Waals surface area (Å²) in [5.74, 6) is -0.283. The number of nitrogens with one attached hydrogen (secondary N) is 1. The number of hydrogen-bond donors (Lipinski definition) is 1. The van der Waals surface area contributed by atoms with E-state index in [-0.39, 0.29) is 10.8 Å². The number of sulfone groups is 1. The molecule has 0 saturated carbocycles. The lowest BCUT2D eigenvalue weighted by Crippen LogP contribution is -2.12. The molecule has 0 heterocycles. The molecule has 28 heavy (non-hydrogen) atoms. The molecule has 0 aromatic heterocycles. The van der Waals surface area contributed by atoms with Gasteiger partial charge in [0.2, 0.25) is 0 Å². The lowest BCUT2D eigenvalue weighted by molar-refractivity contribution is 0.102. The van der Waals surface area contributed by atoms with E-state index in [9.17, 15) is 13.2 Å². The Kier molecular flexibility index (Phi) is 5.91. The number of benzene rings is 3. The number of carbonyl (C=O) groups excluding carboxylic acids is 1. The topological polar surface area (TPSA) is 63.2 Å². The second-order valence-electron chi connectivity index (χ2n) is 6.62. The molecule has 6 heteroatoms. The molecule has 0 radical (unpaired) electrons. The van der Waals surface area contributed by atoms with Crippen molar-refractivity contribution in [3.63, 3.8) is 0 Å². The molecule has 0 bridgehead atoms. The molecule has 4 nitrogen and oxygen atoms in total. The van der Waals surface area contributed by atoms with Crippen LogP contribution in [0, 0.1) is 13.8 Å². The Morgan fingerprint density at radius 1 is 0.821 bits per heavy atom. The summed E-state index contributed by atoms with van der Waals surface area (Å²) >= 11 is 1.67. The SMILES string of the molecule is Cc1ccc(Sc2ccc(NC(=O)c3ccc(S(C)(=O)=O)cc3)cc2)cc1C. The van der Waals surface area contributed by atoms with Crippen LogP contribution in [0.5, 0.6) is 0 Å². The summed E-state index contributed by atoms with van der Waals surface area (Å²) in [4.78, 5) is 14.8. The van der Waals surface area contributed by atoms with Gasteiger partial charge in [-0.1, -0.05) is 17.8 Å². The number of anilines is 1. The summed E-state index contributed by atoms with van der Waals surface area (Å²) in [6.07, 6.45) is 1.14. The van der Waals surface area contributed by atoms with E-state index in [0.717, 1.165) is 11.2 Å². The first-order chi connectivity index (χ1) is 13.2. The number of hydrogen-bond acceptors (Lipinski definition) is 4. The van der Waals surface area contributed by atoms with Gasteiger partial charge in [-0.05, 0) is 85.6 Å². The van der Waals surface area contributed by atoms with Gasteiger partial charge >= 0.3 is 0 Å². The van der Waals surface area contributed by atoms with E-state index in [1.165, 1.54) is 40.3 Å². The van der Waals surface area contributed by atoms with Gasteiger partial charge in [-0.2, -0.15) is 0 Å². The smallest absolute Gasteiger partial charge is 0.255 e. The normalized spacial score (nSPS) is 11.2. The zero-order valence-electron chi connectivity index (χ0n) is 15.9. The van der Waals surface area contributed by atoms with E-state index >= 15 is 0 Å². The molecule has 0 spiro atoms. The van der Waals surface area contributed by atoms with Gasteiger partial charge in [0.15, 0.2) is 9.84 Å². The van der Waals surface area contributed by atoms with Gasteiger partial charge in [0.25, 0.3) is 5.91 Å². The molecule has 0 atom stereocenters. The Morgan fingerprint density at radius 3 is 2.00 bits per heavy atom. The molecule has 0 fully saturated rings. The van der Waals surface area contributed by atoms with Crippen molar-refractivity contribution in [3.05, 3.63) is 83.4 Å². The van der Waals surface area contributed by atoms with Crippen molar-refractivity contribution < 1.29 is 13.2 Å². The fourth-order valence-corrected chi connectivity index (χ4v) is 4.12. The third kappa shape index (κ3) is 5.03. The maximum Gasteiger partial charge on any atom is 0.255 e. The van der Waals surface area contributed by atoms with Crippen molar-refractivity contribution in [2.75, 3.05) is 11.6 Å². The molecule has 144 valence electrons.